The van der Waals surface area contributed by atoms with Gasteiger partial charge in [0.05, 0.1) is 6.20 Å². The number of likely N-dealkylation sites (N-methyl/N-ethyl adjacent to an activating group) is 1. The summed E-state index contributed by atoms with van der Waals surface area (Å²) in [5.41, 5.74) is 0.0871. The van der Waals surface area contributed by atoms with Crippen LogP contribution in [-0.4, -0.2) is 40.6 Å². The number of carbonyl (C=O) groups excluding carboxylic acids is 1. The quantitative estimate of drug-likeness (QED) is 0.760. The first-order chi connectivity index (χ1) is 13.2. The van der Waals surface area contributed by atoms with Crippen LogP contribution in [0.2, 0.25) is 0 Å². The monoisotopic (exact) mass is 391 g/mol. The lowest BCUT2D eigenvalue weighted by Gasteiger charge is -2.38. The second kappa shape index (κ2) is 7.57. The molecule has 1 unspecified atom stereocenters. The van der Waals surface area contributed by atoms with Crippen molar-refractivity contribution >= 4 is 29.0 Å². The van der Waals surface area contributed by atoms with E-state index in [4.69, 9.17) is 0 Å². The largest absolute Gasteiger partial charge is 0.503 e. The van der Waals surface area contributed by atoms with Crippen LogP contribution in [0.25, 0.3) is 0 Å². The SMILES string of the molecule is CC(C)CCN1c2nc(Nc3cc(F)c(O)c(F)c3)cnc2N(C)C(=O)C1C. The molecular weight excluding hydrogens is 368 g/mol. The van der Waals surface area contributed by atoms with Crippen molar-refractivity contribution in [3.63, 3.8) is 0 Å². The number of amides is 1. The number of anilines is 4. The van der Waals surface area contributed by atoms with E-state index in [1.165, 1.54) is 11.1 Å². The molecule has 9 heteroatoms. The van der Waals surface area contributed by atoms with Gasteiger partial charge in [-0.25, -0.2) is 18.7 Å². The summed E-state index contributed by atoms with van der Waals surface area (Å²) in [5.74, 6) is -1.59. The first kappa shape index (κ1) is 19.8. The van der Waals surface area contributed by atoms with Crippen molar-refractivity contribution in [1.29, 1.82) is 0 Å². The molecule has 1 amide bonds. The first-order valence-electron chi connectivity index (χ1n) is 9.05. The number of aromatic nitrogens is 2. The van der Waals surface area contributed by atoms with Gasteiger partial charge in [-0.2, -0.15) is 0 Å². The summed E-state index contributed by atoms with van der Waals surface area (Å²) in [6.45, 7) is 6.64. The van der Waals surface area contributed by atoms with E-state index in [9.17, 15) is 18.7 Å². The lowest BCUT2D eigenvalue weighted by Crippen LogP contribution is -2.52. The van der Waals surface area contributed by atoms with Gasteiger partial charge in [-0.15, -0.1) is 0 Å². The Hall–Kier alpha value is -2.97. The van der Waals surface area contributed by atoms with Crippen molar-refractivity contribution in [2.75, 3.05) is 28.7 Å². The Morgan fingerprint density at radius 3 is 2.50 bits per heavy atom. The summed E-state index contributed by atoms with van der Waals surface area (Å²) in [5, 5.41) is 12.0. The Labute approximate surface area is 162 Å². The van der Waals surface area contributed by atoms with Crippen LogP contribution in [0.15, 0.2) is 18.3 Å². The van der Waals surface area contributed by atoms with Crippen LogP contribution in [0.3, 0.4) is 0 Å². The fourth-order valence-corrected chi connectivity index (χ4v) is 3.05. The van der Waals surface area contributed by atoms with Crippen LogP contribution in [0.4, 0.5) is 31.9 Å². The van der Waals surface area contributed by atoms with Gasteiger partial charge in [0.2, 0.25) is 5.91 Å². The summed E-state index contributed by atoms with van der Waals surface area (Å²) in [7, 11) is 1.64. The molecule has 0 bridgehead atoms. The third kappa shape index (κ3) is 3.69. The molecule has 0 saturated carbocycles. The molecule has 0 saturated heterocycles. The second-order valence-corrected chi connectivity index (χ2v) is 7.27. The minimum absolute atomic E-state index is 0.0751. The van der Waals surface area contributed by atoms with E-state index in [1.54, 1.807) is 7.05 Å². The van der Waals surface area contributed by atoms with Crippen LogP contribution < -0.4 is 15.1 Å². The maximum absolute atomic E-state index is 13.6. The van der Waals surface area contributed by atoms with Crippen molar-refractivity contribution in [2.24, 2.45) is 5.92 Å². The average Bonchev–Trinajstić information content (AvgIpc) is 2.64. The third-order valence-corrected chi connectivity index (χ3v) is 4.72. The molecule has 1 atom stereocenters. The van der Waals surface area contributed by atoms with E-state index in [-0.39, 0.29) is 17.4 Å². The summed E-state index contributed by atoms with van der Waals surface area (Å²) < 4.78 is 27.2. The number of rotatable bonds is 5. The van der Waals surface area contributed by atoms with Crippen LogP contribution in [0.1, 0.15) is 27.2 Å². The number of hydrogen-bond acceptors (Lipinski definition) is 6. The number of phenols is 1. The molecule has 2 aromatic rings. The number of carbonyl (C=O) groups is 1. The third-order valence-electron chi connectivity index (χ3n) is 4.72. The van der Waals surface area contributed by atoms with Crippen LogP contribution in [0, 0.1) is 17.6 Å². The number of benzene rings is 1. The van der Waals surface area contributed by atoms with Crippen LogP contribution in [-0.2, 0) is 4.79 Å². The standard InChI is InChI=1S/C19H23F2N5O2/c1-10(2)5-6-26-11(3)19(28)25(4)17-18(26)24-15(9-22-17)23-12-7-13(20)16(27)14(21)8-12/h7-11,27H,5-6H2,1-4H3,(H,23,24). The maximum atomic E-state index is 13.6. The Kier molecular flexibility index (Phi) is 5.35. The summed E-state index contributed by atoms with van der Waals surface area (Å²) >= 11 is 0. The molecule has 0 aliphatic carbocycles. The number of aromatic hydroxyl groups is 1. The second-order valence-electron chi connectivity index (χ2n) is 7.27. The molecule has 1 aromatic heterocycles. The summed E-state index contributed by atoms with van der Waals surface area (Å²) in [6.07, 6.45) is 2.26. The van der Waals surface area contributed by atoms with Crippen LogP contribution >= 0.6 is 0 Å². The molecule has 7 nitrogen and oxygen atoms in total. The number of hydrogen-bond donors (Lipinski definition) is 2. The van der Waals surface area contributed by atoms with Crippen molar-refractivity contribution in [1.82, 2.24) is 9.97 Å². The fourth-order valence-electron chi connectivity index (χ4n) is 3.05. The maximum Gasteiger partial charge on any atom is 0.250 e. The molecular formula is C19H23F2N5O2. The zero-order chi connectivity index (χ0) is 20.6. The van der Waals surface area contributed by atoms with Gasteiger partial charge in [-0.1, -0.05) is 13.8 Å². The Morgan fingerprint density at radius 1 is 1.25 bits per heavy atom. The van der Waals surface area contributed by atoms with Crippen LogP contribution in [0.5, 0.6) is 5.75 Å². The fraction of sp³-hybridized carbons (Fsp3) is 0.421. The minimum Gasteiger partial charge on any atom is -0.503 e. The summed E-state index contributed by atoms with van der Waals surface area (Å²) in [6, 6.07) is 1.53. The molecule has 150 valence electrons. The van der Waals surface area contributed by atoms with Gasteiger partial charge in [0, 0.05) is 31.4 Å². The molecule has 0 radical (unpaired) electrons. The molecule has 28 heavy (non-hydrogen) atoms. The number of fused-ring (bicyclic) bond motifs is 1. The lowest BCUT2D eigenvalue weighted by atomic mass is 10.1. The van der Waals surface area contributed by atoms with Gasteiger partial charge >= 0.3 is 0 Å². The van der Waals surface area contributed by atoms with Gasteiger partial charge in [0.25, 0.3) is 0 Å². The van der Waals surface area contributed by atoms with Crippen molar-refractivity contribution in [3.05, 3.63) is 30.0 Å². The van der Waals surface area contributed by atoms with Gasteiger partial charge in [0.15, 0.2) is 34.8 Å². The molecule has 2 N–H and O–H groups in total. The van der Waals surface area contributed by atoms with E-state index in [2.05, 4.69) is 29.1 Å². The predicted octanol–water partition coefficient (Wildman–Crippen LogP) is 3.42. The van der Waals surface area contributed by atoms with E-state index in [0.717, 1.165) is 18.6 Å². The number of halogens is 2. The summed E-state index contributed by atoms with van der Waals surface area (Å²) in [4.78, 5) is 24.7. The molecule has 1 aliphatic rings. The van der Waals surface area contributed by atoms with Gasteiger partial charge < -0.3 is 15.3 Å². The van der Waals surface area contributed by atoms with E-state index in [0.29, 0.717) is 24.1 Å². The highest BCUT2D eigenvalue weighted by Crippen LogP contribution is 2.34. The van der Waals surface area contributed by atoms with Crippen molar-refractivity contribution < 1.29 is 18.7 Å². The molecule has 2 heterocycles. The van der Waals surface area contributed by atoms with E-state index < -0.39 is 23.4 Å². The van der Waals surface area contributed by atoms with Gasteiger partial charge in [-0.05, 0) is 19.3 Å². The minimum atomic E-state index is -1.08. The highest BCUT2D eigenvalue weighted by atomic mass is 19.1. The highest BCUT2D eigenvalue weighted by molar-refractivity contribution is 6.03. The highest BCUT2D eigenvalue weighted by Gasteiger charge is 2.35. The molecule has 1 aromatic carbocycles. The Balaban J connectivity index is 1.96. The predicted molar refractivity (Wildman–Crippen MR) is 103 cm³/mol. The lowest BCUT2D eigenvalue weighted by molar-refractivity contribution is -0.119. The van der Waals surface area contributed by atoms with Gasteiger partial charge in [-0.3, -0.25) is 9.69 Å². The average molecular weight is 391 g/mol. The van der Waals surface area contributed by atoms with Crippen molar-refractivity contribution in [3.8, 4) is 5.75 Å². The smallest absolute Gasteiger partial charge is 0.250 e. The topological polar surface area (TPSA) is 81.6 Å². The molecule has 0 spiro atoms. The van der Waals surface area contributed by atoms with E-state index >= 15 is 0 Å². The molecule has 3 rings (SSSR count). The Morgan fingerprint density at radius 2 is 1.89 bits per heavy atom. The number of nitrogens with one attached hydrogen (secondary N) is 1. The normalized spacial score (nSPS) is 16.5. The zero-order valence-electron chi connectivity index (χ0n) is 16.2. The van der Waals surface area contributed by atoms with Crippen molar-refractivity contribution in [2.45, 2.75) is 33.2 Å². The first-order valence-corrected chi connectivity index (χ1v) is 9.05. The Bertz CT molecular complexity index is 883. The van der Waals surface area contributed by atoms with E-state index in [1.807, 2.05) is 11.8 Å². The zero-order valence-corrected chi connectivity index (χ0v) is 16.2. The molecule has 1 aliphatic heterocycles. The van der Waals surface area contributed by atoms with Gasteiger partial charge in [0.1, 0.15) is 6.04 Å². The number of phenolic OH excluding ortho intramolecular Hbond substituents is 1. The number of nitrogens with zero attached hydrogens (tertiary/aromatic N) is 4. The molecule has 0 fully saturated rings.